The number of rotatable bonds is 20. The number of carbonyl (C=O) groups is 1. The first-order chi connectivity index (χ1) is 13.8. The Kier molecular flexibility index (Phi) is 17.5. The van der Waals surface area contributed by atoms with Crippen LogP contribution in [0.15, 0.2) is 12.2 Å². The maximum absolute atomic E-state index is 12.0. The summed E-state index contributed by atoms with van der Waals surface area (Å²) < 4.78 is 34.4. The van der Waals surface area contributed by atoms with Crippen LogP contribution in [0.3, 0.4) is 0 Å². The number of aliphatic hydroxyl groups is 2. The molecule has 172 valence electrons. The van der Waals surface area contributed by atoms with Crippen molar-refractivity contribution in [2.75, 3.05) is 6.61 Å². The normalized spacial score (nSPS) is 14.3. The van der Waals surface area contributed by atoms with Gasteiger partial charge in [0.2, 0.25) is 0 Å². The van der Waals surface area contributed by atoms with E-state index in [4.69, 9.17) is 9.66 Å². The van der Waals surface area contributed by atoms with Crippen LogP contribution in [0.1, 0.15) is 96.8 Å². The quantitative estimate of drug-likeness (QED) is 0.149. The van der Waals surface area contributed by atoms with Crippen molar-refractivity contribution in [1.82, 2.24) is 0 Å². The number of Topliss-reactive ketones (excluding diaryl/α,β-unsaturated/α-hetero) is 1. The molecule has 0 spiro atoms. The van der Waals surface area contributed by atoms with E-state index in [0.29, 0.717) is 6.42 Å². The fourth-order valence-corrected chi connectivity index (χ4v) is 3.57. The first-order valence-corrected chi connectivity index (χ1v) is 12.3. The lowest BCUT2D eigenvalue weighted by atomic mass is 10.0. The van der Waals surface area contributed by atoms with Crippen LogP contribution in [0, 0.1) is 0 Å². The van der Waals surface area contributed by atoms with Gasteiger partial charge in [-0.15, -0.1) is 0 Å². The molecule has 29 heavy (non-hydrogen) atoms. The molecule has 0 aromatic rings. The number of allylic oxidation sites excluding steroid dienone is 2. The Labute approximate surface area is 176 Å². The van der Waals surface area contributed by atoms with E-state index < -0.39 is 35.0 Å². The monoisotopic (exact) mass is 436 g/mol. The molecule has 2 unspecified atom stereocenters. The molecule has 0 aliphatic carbocycles. The average Bonchev–Trinajstić information content (AvgIpc) is 2.67. The number of hydrogen-bond acceptors (Lipinski definition) is 6. The Bertz CT molecular complexity index is 531. The molecule has 3 N–H and O–H groups in total. The van der Waals surface area contributed by atoms with Gasteiger partial charge >= 0.3 is 10.4 Å². The molecule has 0 saturated heterocycles. The third-order valence-corrected chi connectivity index (χ3v) is 5.21. The van der Waals surface area contributed by atoms with E-state index >= 15 is 0 Å². The van der Waals surface area contributed by atoms with Crippen LogP contribution in [0.4, 0.5) is 0 Å². The second kappa shape index (κ2) is 18.0. The molecular formula is C21H40O7S. The van der Waals surface area contributed by atoms with Gasteiger partial charge in [0.15, 0.2) is 11.9 Å². The van der Waals surface area contributed by atoms with Gasteiger partial charge in [-0.05, 0) is 32.1 Å². The topological polar surface area (TPSA) is 121 Å². The van der Waals surface area contributed by atoms with Crippen molar-refractivity contribution in [1.29, 1.82) is 0 Å². The number of unbranched alkanes of at least 4 members (excludes halogenated alkanes) is 11. The molecule has 8 heteroatoms. The van der Waals surface area contributed by atoms with E-state index in [1.807, 2.05) is 0 Å². The van der Waals surface area contributed by atoms with Crippen LogP contribution in [0.25, 0.3) is 0 Å². The first kappa shape index (κ1) is 28.2. The summed E-state index contributed by atoms with van der Waals surface area (Å²) in [4.78, 5) is 12.0. The smallest absolute Gasteiger partial charge is 0.394 e. The summed E-state index contributed by atoms with van der Waals surface area (Å²) in [6.07, 6.45) is 15.6. The molecule has 7 nitrogen and oxygen atoms in total. The Balaban J connectivity index is 3.72. The summed E-state index contributed by atoms with van der Waals surface area (Å²) >= 11 is 0. The Morgan fingerprint density at radius 2 is 1.38 bits per heavy atom. The average molecular weight is 437 g/mol. The molecule has 0 saturated carbocycles. The summed E-state index contributed by atoms with van der Waals surface area (Å²) in [5.41, 5.74) is 0. The van der Waals surface area contributed by atoms with Crippen LogP contribution in [0.5, 0.6) is 0 Å². The zero-order chi connectivity index (χ0) is 22.0. The minimum Gasteiger partial charge on any atom is -0.394 e. The third-order valence-electron chi connectivity index (χ3n) is 4.76. The molecule has 0 amide bonds. The number of ketones is 1. The van der Waals surface area contributed by atoms with Crippen molar-refractivity contribution in [2.45, 2.75) is 109 Å². The summed E-state index contributed by atoms with van der Waals surface area (Å²) in [7, 11) is -4.88. The van der Waals surface area contributed by atoms with E-state index in [0.717, 1.165) is 38.5 Å². The van der Waals surface area contributed by atoms with Crippen molar-refractivity contribution >= 4 is 16.2 Å². The van der Waals surface area contributed by atoms with E-state index in [9.17, 15) is 18.3 Å². The lowest BCUT2D eigenvalue weighted by Gasteiger charge is -2.18. The van der Waals surface area contributed by atoms with Gasteiger partial charge in [0, 0.05) is 6.42 Å². The Morgan fingerprint density at radius 1 is 0.897 bits per heavy atom. The molecule has 0 aliphatic heterocycles. The lowest BCUT2D eigenvalue weighted by molar-refractivity contribution is -0.132. The summed E-state index contributed by atoms with van der Waals surface area (Å²) in [6.45, 7) is 1.39. The highest BCUT2D eigenvalue weighted by Gasteiger charge is 2.31. The van der Waals surface area contributed by atoms with Gasteiger partial charge in [-0.25, -0.2) is 4.18 Å². The molecule has 0 radical (unpaired) electrons. The maximum atomic E-state index is 12.0. The molecule has 2 atom stereocenters. The fraction of sp³-hybridized carbons (Fsp3) is 0.857. The van der Waals surface area contributed by atoms with E-state index in [-0.39, 0.29) is 6.42 Å². The van der Waals surface area contributed by atoms with Gasteiger partial charge in [0.25, 0.3) is 0 Å². The zero-order valence-corrected chi connectivity index (χ0v) is 18.6. The van der Waals surface area contributed by atoms with Crippen molar-refractivity contribution in [3.8, 4) is 0 Å². The van der Waals surface area contributed by atoms with E-state index in [1.54, 1.807) is 0 Å². The van der Waals surface area contributed by atoms with Gasteiger partial charge in [-0.1, -0.05) is 70.4 Å². The van der Waals surface area contributed by atoms with Gasteiger partial charge < -0.3 is 10.2 Å². The number of aliphatic hydroxyl groups excluding tert-OH is 2. The molecular weight excluding hydrogens is 396 g/mol. The maximum Gasteiger partial charge on any atom is 0.398 e. The summed E-state index contributed by atoms with van der Waals surface area (Å²) in [6, 6.07) is 0. The minimum absolute atomic E-state index is 0.0232. The molecule has 0 heterocycles. The van der Waals surface area contributed by atoms with Crippen molar-refractivity contribution in [2.24, 2.45) is 0 Å². The predicted molar refractivity (Wildman–Crippen MR) is 114 cm³/mol. The van der Waals surface area contributed by atoms with Crippen LogP contribution in [-0.2, 0) is 19.4 Å². The SMILES string of the molecule is CCCCCCCC/C=C\CCCCCCCC(=O)C(OS(=O)(=O)O)C(O)CO. The molecule has 0 rings (SSSR count). The second-order valence-corrected chi connectivity index (χ2v) is 8.54. The van der Waals surface area contributed by atoms with Crippen LogP contribution in [0.2, 0.25) is 0 Å². The Hall–Kier alpha value is -0.800. The fourth-order valence-electron chi connectivity index (χ4n) is 3.07. The van der Waals surface area contributed by atoms with Gasteiger partial charge in [0.1, 0.15) is 6.10 Å². The third kappa shape index (κ3) is 17.7. The van der Waals surface area contributed by atoms with Crippen LogP contribution >= 0.6 is 0 Å². The van der Waals surface area contributed by atoms with Crippen molar-refractivity contribution in [3.05, 3.63) is 12.2 Å². The standard InChI is InChI=1S/C21H40O7S/c1-2-3-4-5-6-7-8-9-10-11-12-13-14-15-16-17-19(23)21(20(24)18-22)28-29(25,26)27/h9-10,20-22,24H,2-8,11-18H2,1H3,(H,25,26,27)/b10-9-. The first-order valence-electron chi connectivity index (χ1n) is 10.9. The van der Waals surface area contributed by atoms with Gasteiger partial charge in [-0.3, -0.25) is 9.35 Å². The molecule has 0 aromatic heterocycles. The second-order valence-electron chi connectivity index (χ2n) is 7.50. The zero-order valence-electron chi connectivity index (χ0n) is 17.8. The Morgan fingerprint density at radius 3 is 1.86 bits per heavy atom. The van der Waals surface area contributed by atoms with Crippen LogP contribution in [-0.4, -0.2) is 47.8 Å². The van der Waals surface area contributed by atoms with Gasteiger partial charge in [0.05, 0.1) is 6.61 Å². The molecule has 0 bridgehead atoms. The van der Waals surface area contributed by atoms with E-state index in [2.05, 4.69) is 23.3 Å². The highest BCUT2D eigenvalue weighted by Crippen LogP contribution is 2.13. The lowest BCUT2D eigenvalue weighted by Crippen LogP contribution is -2.40. The minimum atomic E-state index is -4.88. The van der Waals surface area contributed by atoms with Crippen LogP contribution < -0.4 is 0 Å². The largest absolute Gasteiger partial charge is 0.398 e. The molecule has 0 aromatic carbocycles. The van der Waals surface area contributed by atoms with E-state index in [1.165, 1.54) is 38.5 Å². The highest BCUT2D eigenvalue weighted by molar-refractivity contribution is 7.80. The number of carbonyl (C=O) groups excluding carboxylic acids is 1. The predicted octanol–water partition coefficient (Wildman–Crippen LogP) is 4.13. The molecule has 0 aliphatic rings. The molecule has 0 fully saturated rings. The number of hydrogen-bond donors (Lipinski definition) is 3. The summed E-state index contributed by atoms with van der Waals surface area (Å²) in [5.74, 6) is -0.651. The van der Waals surface area contributed by atoms with Gasteiger partial charge in [-0.2, -0.15) is 8.42 Å². The summed E-state index contributed by atoms with van der Waals surface area (Å²) in [5, 5.41) is 18.4. The van der Waals surface area contributed by atoms with Crippen molar-refractivity contribution < 1.29 is 32.2 Å². The highest BCUT2D eigenvalue weighted by atomic mass is 32.3. The van der Waals surface area contributed by atoms with Crippen molar-refractivity contribution in [3.63, 3.8) is 0 Å².